The van der Waals surface area contributed by atoms with Crippen molar-refractivity contribution in [2.75, 3.05) is 14.2 Å². The van der Waals surface area contributed by atoms with Gasteiger partial charge in [0, 0.05) is 5.56 Å². The second-order valence-electron chi connectivity index (χ2n) is 4.91. The molecule has 0 bridgehead atoms. The van der Waals surface area contributed by atoms with E-state index in [0.29, 0.717) is 6.54 Å². The van der Waals surface area contributed by atoms with Crippen LogP contribution in [0.25, 0.3) is 0 Å². The van der Waals surface area contributed by atoms with Crippen LogP contribution in [0.2, 0.25) is 0 Å². The van der Waals surface area contributed by atoms with Crippen LogP contribution in [0.1, 0.15) is 18.1 Å². The van der Waals surface area contributed by atoms with Gasteiger partial charge in [0.05, 0.1) is 14.2 Å². The van der Waals surface area contributed by atoms with E-state index in [9.17, 15) is 9.59 Å². The van der Waals surface area contributed by atoms with Crippen LogP contribution < -0.4 is 20.7 Å². The Bertz CT molecular complexity index is 502. The Balaban J connectivity index is 2.79. The predicted molar refractivity (Wildman–Crippen MR) is 75.5 cm³/mol. The molecule has 4 N–H and O–H groups in total. The summed E-state index contributed by atoms with van der Waals surface area (Å²) in [6.07, 6.45) is 0. The number of quaternary nitrogens is 1. The van der Waals surface area contributed by atoms with Gasteiger partial charge >= 0.3 is 6.03 Å². The number of rotatable bonds is 5. The Morgan fingerprint density at radius 3 is 2.65 bits per heavy atom. The molecule has 6 nitrogen and oxygen atoms in total. The number of amides is 3. The van der Waals surface area contributed by atoms with E-state index in [0.717, 1.165) is 21.8 Å². The van der Waals surface area contributed by atoms with Gasteiger partial charge in [0.15, 0.2) is 6.04 Å². The van der Waals surface area contributed by atoms with Crippen molar-refractivity contribution in [1.82, 2.24) is 5.32 Å². The molecule has 3 amide bonds. The molecule has 0 fully saturated rings. The fourth-order valence-corrected chi connectivity index (χ4v) is 1.95. The van der Waals surface area contributed by atoms with Gasteiger partial charge in [-0.2, -0.15) is 0 Å². The van der Waals surface area contributed by atoms with E-state index in [-0.39, 0.29) is 5.91 Å². The van der Waals surface area contributed by atoms with Crippen molar-refractivity contribution in [2.45, 2.75) is 26.4 Å². The van der Waals surface area contributed by atoms with E-state index in [4.69, 9.17) is 10.5 Å². The molecule has 0 saturated heterocycles. The SMILES string of the molecule is COc1ccc(C)cc1C[NH+](C)[C@H](C)C(=O)NC(N)=O. The van der Waals surface area contributed by atoms with Crippen molar-refractivity contribution < 1.29 is 19.2 Å². The molecule has 1 rings (SSSR count). The van der Waals surface area contributed by atoms with Crippen LogP contribution in [0.15, 0.2) is 18.2 Å². The highest BCUT2D eigenvalue weighted by molar-refractivity contribution is 5.95. The van der Waals surface area contributed by atoms with Crippen molar-refractivity contribution in [2.24, 2.45) is 5.73 Å². The number of aryl methyl sites for hydroxylation is 1. The summed E-state index contributed by atoms with van der Waals surface area (Å²) in [5, 5.41) is 2.10. The molecule has 0 aliphatic heterocycles. The average Bonchev–Trinajstić information content (AvgIpc) is 2.37. The van der Waals surface area contributed by atoms with Crippen molar-refractivity contribution >= 4 is 11.9 Å². The van der Waals surface area contributed by atoms with Gasteiger partial charge < -0.3 is 15.4 Å². The van der Waals surface area contributed by atoms with Crippen molar-refractivity contribution in [3.05, 3.63) is 29.3 Å². The molecule has 2 atom stereocenters. The maximum absolute atomic E-state index is 11.7. The Kier molecular flexibility index (Phi) is 5.52. The van der Waals surface area contributed by atoms with E-state index >= 15 is 0 Å². The first-order chi connectivity index (χ1) is 9.35. The molecule has 0 aliphatic carbocycles. The topological polar surface area (TPSA) is 85.9 Å². The quantitative estimate of drug-likeness (QED) is 0.686. The van der Waals surface area contributed by atoms with Gasteiger partial charge in [0.2, 0.25) is 0 Å². The molecular weight excluding hydrogens is 258 g/mol. The van der Waals surface area contributed by atoms with Crippen LogP contribution in [0, 0.1) is 6.92 Å². The molecule has 1 aromatic rings. The minimum absolute atomic E-state index is 0.387. The van der Waals surface area contributed by atoms with Gasteiger partial charge in [-0.1, -0.05) is 11.6 Å². The Labute approximate surface area is 118 Å². The van der Waals surface area contributed by atoms with Gasteiger partial charge in [-0.15, -0.1) is 0 Å². The third kappa shape index (κ3) is 4.24. The number of hydrogen-bond donors (Lipinski definition) is 3. The van der Waals surface area contributed by atoms with Crippen molar-refractivity contribution in [3.63, 3.8) is 0 Å². The molecule has 1 aromatic carbocycles. The number of nitrogens with one attached hydrogen (secondary N) is 2. The molecule has 0 aromatic heterocycles. The van der Waals surface area contributed by atoms with Crippen LogP contribution in [-0.2, 0) is 11.3 Å². The minimum Gasteiger partial charge on any atom is -0.496 e. The summed E-state index contributed by atoms with van der Waals surface area (Å²) in [4.78, 5) is 23.4. The predicted octanol–water partition coefficient (Wildman–Crippen LogP) is -0.398. The average molecular weight is 280 g/mol. The molecule has 1 unspecified atom stereocenters. The van der Waals surface area contributed by atoms with Crippen LogP contribution in [0.4, 0.5) is 4.79 Å². The number of imide groups is 1. The molecule has 0 radical (unpaired) electrons. The fraction of sp³-hybridized carbons (Fsp3) is 0.429. The van der Waals surface area contributed by atoms with E-state index in [1.54, 1.807) is 14.0 Å². The lowest BCUT2D eigenvalue weighted by molar-refractivity contribution is -0.908. The molecule has 6 heteroatoms. The number of ether oxygens (including phenoxy) is 1. The zero-order valence-corrected chi connectivity index (χ0v) is 12.3. The Morgan fingerprint density at radius 2 is 2.10 bits per heavy atom. The van der Waals surface area contributed by atoms with Crippen LogP contribution >= 0.6 is 0 Å². The van der Waals surface area contributed by atoms with Gasteiger partial charge in [0.1, 0.15) is 12.3 Å². The first-order valence-electron chi connectivity index (χ1n) is 6.41. The third-order valence-electron chi connectivity index (χ3n) is 3.28. The van der Waals surface area contributed by atoms with E-state index < -0.39 is 12.1 Å². The summed E-state index contributed by atoms with van der Waals surface area (Å²) in [5.41, 5.74) is 7.09. The van der Waals surface area contributed by atoms with Gasteiger partial charge in [-0.05, 0) is 26.0 Å². The number of carbonyl (C=O) groups excluding carboxylic acids is 2. The second-order valence-corrected chi connectivity index (χ2v) is 4.91. The zero-order chi connectivity index (χ0) is 15.3. The van der Waals surface area contributed by atoms with Crippen LogP contribution in [0.3, 0.4) is 0 Å². The standard InChI is InChI=1S/C14H21N3O3/c1-9-5-6-12(20-4)11(7-9)8-17(3)10(2)13(18)16-14(15)19/h5-7,10H,8H2,1-4H3,(H3,15,16,18,19)/p+1/t10-/m1/s1. The van der Waals surface area contributed by atoms with E-state index in [2.05, 4.69) is 5.32 Å². The highest BCUT2D eigenvalue weighted by atomic mass is 16.5. The summed E-state index contributed by atoms with van der Waals surface area (Å²) >= 11 is 0. The van der Waals surface area contributed by atoms with Crippen LogP contribution in [0.5, 0.6) is 5.75 Å². The monoisotopic (exact) mass is 280 g/mol. The number of carbonyl (C=O) groups is 2. The number of urea groups is 1. The lowest BCUT2D eigenvalue weighted by atomic mass is 10.1. The highest BCUT2D eigenvalue weighted by Gasteiger charge is 2.23. The molecule has 20 heavy (non-hydrogen) atoms. The number of primary amides is 1. The number of methoxy groups -OCH3 is 1. The number of likely N-dealkylation sites (N-methyl/N-ethyl adjacent to an activating group) is 1. The molecular formula is C14H22N3O3+. The summed E-state index contributed by atoms with van der Waals surface area (Å²) < 4.78 is 5.32. The summed E-state index contributed by atoms with van der Waals surface area (Å²) in [6, 6.07) is 4.68. The third-order valence-corrected chi connectivity index (χ3v) is 3.28. The van der Waals surface area contributed by atoms with Crippen LogP contribution in [-0.4, -0.2) is 32.1 Å². The first kappa shape index (κ1) is 16.0. The summed E-state index contributed by atoms with van der Waals surface area (Å²) in [7, 11) is 3.50. The molecule has 0 spiro atoms. The van der Waals surface area contributed by atoms with E-state index in [1.165, 1.54) is 0 Å². The maximum atomic E-state index is 11.7. The van der Waals surface area contributed by atoms with Gasteiger partial charge in [0.25, 0.3) is 5.91 Å². The lowest BCUT2D eigenvalue weighted by Gasteiger charge is -2.21. The maximum Gasteiger partial charge on any atom is 0.319 e. The molecule has 110 valence electrons. The Morgan fingerprint density at radius 1 is 1.45 bits per heavy atom. The number of hydrogen-bond acceptors (Lipinski definition) is 3. The fourth-order valence-electron chi connectivity index (χ4n) is 1.95. The highest BCUT2D eigenvalue weighted by Crippen LogP contribution is 2.18. The zero-order valence-electron chi connectivity index (χ0n) is 12.3. The molecule has 0 saturated carbocycles. The lowest BCUT2D eigenvalue weighted by Crippen LogP contribution is -3.12. The van der Waals surface area contributed by atoms with Gasteiger partial charge in [-0.25, -0.2) is 4.79 Å². The summed E-state index contributed by atoms with van der Waals surface area (Å²) in [6.45, 7) is 4.36. The number of nitrogens with two attached hydrogens (primary N) is 1. The van der Waals surface area contributed by atoms with E-state index in [1.807, 2.05) is 32.2 Å². The normalized spacial score (nSPS) is 13.4. The molecule has 0 heterocycles. The Hall–Kier alpha value is -2.08. The summed E-state index contributed by atoms with van der Waals surface area (Å²) in [5.74, 6) is 0.402. The smallest absolute Gasteiger partial charge is 0.319 e. The second kappa shape index (κ2) is 6.91. The number of benzene rings is 1. The first-order valence-corrected chi connectivity index (χ1v) is 6.41. The molecule has 0 aliphatic rings. The van der Waals surface area contributed by atoms with Crippen molar-refractivity contribution in [1.29, 1.82) is 0 Å². The minimum atomic E-state index is -0.831. The van der Waals surface area contributed by atoms with Gasteiger partial charge in [-0.3, -0.25) is 10.1 Å². The van der Waals surface area contributed by atoms with Crippen molar-refractivity contribution in [3.8, 4) is 5.75 Å². The largest absolute Gasteiger partial charge is 0.496 e.